The van der Waals surface area contributed by atoms with Crippen LogP contribution in [0.2, 0.25) is 0 Å². The van der Waals surface area contributed by atoms with Gasteiger partial charge < -0.3 is 4.74 Å². The van der Waals surface area contributed by atoms with Gasteiger partial charge in [0.05, 0.1) is 12.2 Å². The van der Waals surface area contributed by atoms with Gasteiger partial charge in [0.25, 0.3) is 0 Å². The topological polar surface area (TPSA) is 43.4 Å². The quantitative estimate of drug-likeness (QED) is 0.484. The van der Waals surface area contributed by atoms with Crippen molar-refractivity contribution >= 4 is 34.3 Å². The molecule has 0 bridgehead atoms. The molecule has 0 amide bonds. The molecule has 1 rings (SSSR count). The fourth-order valence-electron chi connectivity index (χ4n) is 1.29. The second kappa shape index (κ2) is 5.98. The van der Waals surface area contributed by atoms with Gasteiger partial charge in [-0.2, -0.15) is 0 Å². The first kappa shape index (κ1) is 13.2. The Morgan fingerprint density at radius 2 is 1.81 bits per heavy atom. The van der Waals surface area contributed by atoms with Gasteiger partial charge >= 0.3 is 5.97 Å². The van der Waals surface area contributed by atoms with Crippen LogP contribution in [0.25, 0.3) is 0 Å². The molecule has 0 N–H and O–H groups in total. The number of Topliss-reactive ketones (excluding diaryl/α,β-unsaturated/α-hetero) is 1. The number of ketones is 1. The van der Waals surface area contributed by atoms with Crippen molar-refractivity contribution in [2.45, 2.75) is 20.3 Å². The molecule has 3 nitrogen and oxygen atoms in total. The molecule has 0 atom stereocenters. The van der Waals surface area contributed by atoms with Crippen LogP contribution in [0, 0.1) is 3.57 Å². The molecule has 16 heavy (non-hydrogen) atoms. The summed E-state index contributed by atoms with van der Waals surface area (Å²) in [7, 11) is 0. The van der Waals surface area contributed by atoms with E-state index in [0.29, 0.717) is 24.2 Å². The van der Waals surface area contributed by atoms with Gasteiger partial charge in [0.2, 0.25) is 0 Å². The van der Waals surface area contributed by atoms with E-state index in [0.717, 1.165) is 3.57 Å². The molecule has 0 radical (unpaired) electrons. The second-order valence-electron chi connectivity index (χ2n) is 3.23. The van der Waals surface area contributed by atoms with Gasteiger partial charge in [0, 0.05) is 15.6 Å². The van der Waals surface area contributed by atoms with Crippen LogP contribution < -0.4 is 0 Å². The van der Waals surface area contributed by atoms with Gasteiger partial charge in [0.1, 0.15) is 0 Å². The highest BCUT2D eigenvalue weighted by Crippen LogP contribution is 2.15. The maximum atomic E-state index is 11.5. The molecule has 1 aromatic rings. The Morgan fingerprint density at radius 3 is 2.38 bits per heavy atom. The van der Waals surface area contributed by atoms with Gasteiger partial charge in [-0.05, 0) is 47.7 Å². The van der Waals surface area contributed by atoms with Crippen LogP contribution in [-0.4, -0.2) is 18.4 Å². The highest BCUT2D eigenvalue weighted by Gasteiger charge is 2.11. The van der Waals surface area contributed by atoms with Gasteiger partial charge in [-0.3, -0.25) is 4.79 Å². The molecule has 0 unspecified atom stereocenters. The lowest BCUT2D eigenvalue weighted by molar-refractivity contribution is 0.0526. The summed E-state index contributed by atoms with van der Waals surface area (Å²) in [6.45, 7) is 3.89. The van der Waals surface area contributed by atoms with Crippen LogP contribution in [0.4, 0.5) is 0 Å². The minimum atomic E-state index is -0.383. The van der Waals surface area contributed by atoms with Crippen molar-refractivity contribution in [2.24, 2.45) is 0 Å². The Labute approximate surface area is 108 Å². The van der Waals surface area contributed by atoms with E-state index < -0.39 is 0 Å². The van der Waals surface area contributed by atoms with Gasteiger partial charge in [-0.1, -0.05) is 6.92 Å². The van der Waals surface area contributed by atoms with E-state index in [9.17, 15) is 9.59 Å². The Bertz CT molecular complexity index is 413. The molecular formula is C12H13IO3. The second-order valence-corrected chi connectivity index (χ2v) is 4.47. The lowest BCUT2D eigenvalue weighted by Gasteiger charge is -2.05. The van der Waals surface area contributed by atoms with E-state index in [-0.39, 0.29) is 11.8 Å². The first-order valence-electron chi connectivity index (χ1n) is 5.09. The molecule has 0 spiro atoms. The lowest BCUT2D eigenvalue weighted by atomic mass is 10.1. The fourth-order valence-corrected chi connectivity index (χ4v) is 1.96. The standard InChI is InChI=1S/C12H13IO3/c1-3-11(14)8-5-9(7-10(13)6-8)12(15)16-4-2/h5-7H,3-4H2,1-2H3. The molecule has 86 valence electrons. The Balaban J connectivity index is 3.07. The predicted molar refractivity (Wildman–Crippen MR) is 69.7 cm³/mol. The number of benzene rings is 1. The smallest absolute Gasteiger partial charge is 0.338 e. The van der Waals surface area contributed by atoms with E-state index in [1.54, 1.807) is 32.0 Å². The summed E-state index contributed by atoms with van der Waals surface area (Å²) in [5.41, 5.74) is 1.00. The normalized spacial score (nSPS) is 9.94. The highest BCUT2D eigenvalue weighted by molar-refractivity contribution is 14.1. The number of carbonyl (C=O) groups is 2. The van der Waals surface area contributed by atoms with E-state index in [1.807, 2.05) is 0 Å². The molecule has 4 heteroatoms. The monoisotopic (exact) mass is 332 g/mol. The van der Waals surface area contributed by atoms with Crippen LogP contribution in [0.3, 0.4) is 0 Å². The minimum absolute atomic E-state index is 0.0315. The maximum absolute atomic E-state index is 11.5. The summed E-state index contributed by atoms with van der Waals surface area (Å²) < 4.78 is 5.76. The molecule has 0 saturated heterocycles. The highest BCUT2D eigenvalue weighted by atomic mass is 127. The van der Waals surface area contributed by atoms with Gasteiger partial charge in [0.15, 0.2) is 5.78 Å². The Kier molecular flexibility index (Phi) is 4.92. The molecular weight excluding hydrogens is 319 g/mol. The predicted octanol–water partition coefficient (Wildman–Crippen LogP) is 3.06. The van der Waals surface area contributed by atoms with Crippen LogP contribution in [0.15, 0.2) is 18.2 Å². The van der Waals surface area contributed by atoms with E-state index in [1.165, 1.54) is 0 Å². The third-order valence-electron chi connectivity index (χ3n) is 2.05. The molecule has 1 aromatic carbocycles. The average molecular weight is 332 g/mol. The third kappa shape index (κ3) is 3.30. The molecule has 0 heterocycles. The summed E-state index contributed by atoms with van der Waals surface area (Å²) in [6.07, 6.45) is 0.433. The van der Waals surface area contributed by atoms with Crippen molar-refractivity contribution in [1.29, 1.82) is 0 Å². The first-order valence-corrected chi connectivity index (χ1v) is 6.17. The van der Waals surface area contributed by atoms with Crippen molar-refractivity contribution in [1.82, 2.24) is 0 Å². The van der Waals surface area contributed by atoms with E-state index >= 15 is 0 Å². The number of ether oxygens (including phenoxy) is 1. The van der Waals surface area contributed by atoms with Crippen molar-refractivity contribution in [3.05, 3.63) is 32.9 Å². The molecule has 0 aromatic heterocycles. The first-order chi connectivity index (χ1) is 7.58. The summed E-state index contributed by atoms with van der Waals surface area (Å²) >= 11 is 2.08. The van der Waals surface area contributed by atoms with E-state index in [4.69, 9.17) is 4.74 Å². The number of esters is 1. The molecule has 0 fully saturated rings. The SMILES string of the molecule is CCOC(=O)c1cc(I)cc(C(=O)CC)c1. The maximum Gasteiger partial charge on any atom is 0.338 e. The third-order valence-corrected chi connectivity index (χ3v) is 2.67. The number of hydrogen-bond acceptors (Lipinski definition) is 3. The summed E-state index contributed by atoms with van der Waals surface area (Å²) in [6, 6.07) is 5.08. The van der Waals surface area contributed by atoms with Crippen molar-refractivity contribution in [3.8, 4) is 0 Å². The van der Waals surface area contributed by atoms with Crippen LogP contribution in [-0.2, 0) is 4.74 Å². The summed E-state index contributed by atoms with van der Waals surface area (Å²) in [5.74, 6) is -0.352. The van der Waals surface area contributed by atoms with Gasteiger partial charge in [-0.25, -0.2) is 4.79 Å². The van der Waals surface area contributed by atoms with Crippen LogP contribution in [0.5, 0.6) is 0 Å². The molecule has 0 aliphatic heterocycles. The zero-order valence-electron chi connectivity index (χ0n) is 9.25. The molecule has 0 aliphatic carbocycles. The fraction of sp³-hybridized carbons (Fsp3) is 0.333. The Hall–Kier alpha value is -0.910. The zero-order valence-corrected chi connectivity index (χ0v) is 11.4. The lowest BCUT2D eigenvalue weighted by Crippen LogP contribution is -2.07. The minimum Gasteiger partial charge on any atom is -0.462 e. The average Bonchev–Trinajstić information content (AvgIpc) is 2.27. The number of halogens is 1. The summed E-state index contributed by atoms with van der Waals surface area (Å²) in [4.78, 5) is 23.1. The van der Waals surface area contributed by atoms with Gasteiger partial charge in [-0.15, -0.1) is 0 Å². The van der Waals surface area contributed by atoms with Crippen LogP contribution >= 0.6 is 22.6 Å². The van der Waals surface area contributed by atoms with E-state index in [2.05, 4.69) is 22.6 Å². The molecule has 0 saturated carbocycles. The Morgan fingerprint density at radius 1 is 1.19 bits per heavy atom. The van der Waals surface area contributed by atoms with Crippen molar-refractivity contribution in [3.63, 3.8) is 0 Å². The van der Waals surface area contributed by atoms with Crippen LogP contribution in [0.1, 0.15) is 41.0 Å². The number of carbonyl (C=O) groups excluding carboxylic acids is 2. The number of rotatable bonds is 4. The zero-order chi connectivity index (χ0) is 12.1. The largest absolute Gasteiger partial charge is 0.462 e. The number of hydrogen-bond donors (Lipinski definition) is 0. The van der Waals surface area contributed by atoms with Crippen molar-refractivity contribution in [2.75, 3.05) is 6.61 Å². The molecule has 0 aliphatic rings. The van der Waals surface area contributed by atoms with Crippen molar-refractivity contribution < 1.29 is 14.3 Å². The summed E-state index contributed by atoms with van der Waals surface area (Å²) in [5, 5.41) is 0.